The van der Waals surface area contributed by atoms with Gasteiger partial charge in [0.2, 0.25) is 11.8 Å². The molecule has 7 heteroatoms. The van der Waals surface area contributed by atoms with Crippen LogP contribution >= 0.6 is 11.6 Å². The van der Waals surface area contributed by atoms with E-state index in [4.69, 9.17) is 22.1 Å². The molecule has 0 aliphatic rings. The molecule has 0 fully saturated rings. The largest absolute Gasteiger partial charge is 0.487 e. The summed E-state index contributed by atoms with van der Waals surface area (Å²) in [6.07, 6.45) is 0.422. The first-order chi connectivity index (χ1) is 17.4. The Balaban J connectivity index is 1.58. The molecule has 3 aromatic carbocycles. The Morgan fingerprint density at radius 1 is 0.917 bits per heavy atom. The lowest BCUT2D eigenvalue weighted by molar-refractivity contribution is -0.119. The van der Waals surface area contributed by atoms with Crippen molar-refractivity contribution in [2.75, 3.05) is 6.54 Å². The average molecular weight is 500 g/mol. The van der Waals surface area contributed by atoms with Gasteiger partial charge in [0.25, 0.3) is 0 Å². The van der Waals surface area contributed by atoms with Gasteiger partial charge in [0.15, 0.2) is 0 Å². The van der Waals surface area contributed by atoms with Crippen LogP contribution in [0, 0.1) is 0 Å². The summed E-state index contributed by atoms with van der Waals surface area (Å²) in [4.78, 5) is 28.6. The van der Waals surface area contributed by atoms with E-state index in [1.54, 1.807) is 36.4 Å². The fraction of sp³-hybridized carbons (Fsp3) is 0.138. The predicted octanol–water partition coefficient (Wildman–Crippen LogP) is 5.39. The molecule has 0 saturated carbocycles. The molecule has 0 spiro atoms. The van der Waals surface area contributed by atoms with Crippen LogP contribution < -0.4 is 15.8 Å². The third kappa shape index (κ3) is 6.29. The molecule has 0 aliphatic carbocycles. The van der Waals surface area contributed by atoms with Crippen LogP contribution in [0.5, 0.6) is 5.75 Å². The first-order valence-electron chi connectivity index (χ1n) is 11.5. The Kier molecular flexibility index (Phi) is 7.98. The van der Waals surface area contributed by atoms with Gasteiger partial charge in [-0.2, -0.15) is 0 Å². The molecular weight excluding hydrogens is 474 g/mol. The molecule has 0 radical (unpaired) electrons. The number of primary amides is 1. The molecule has 0 unspecified atom stereocenters. The van der Waals surface area contributed by atoms with Gasteiger partial charge >= 0.3 is 0 Å². The number of hydrogen-bond donors (Lipinski definition) is 2. The predicted molar refractivity (Wildman–Crippen MR) is 143 cm³/mol. The summed E-state index contributed by atoms with van der Waals surface area (Å²) in [5, 5.41) is 4.44. The van der Waals surface area contributed by atoms with Crippen LogP contribution in [0.1, 0.15) is 30.2 Å². The number of pyridine rings is 1. The fourth-order valence-electron chi connectivity index (χ4n) is 3.96. The summed E-state index contributed by atoms with van der Waals surface area (Å²) in [5.41, 5.74) is 10.1. The number of rotatable bonds is 9. The summed E-state index contributed by atoms with van der Waals surface area (Å²) in [7, 11) is 0. The molecule has 2 amide bonds. The highest BCUT2D eigenvalue weighted by Crippen LogP contribution is 2.31. The van der Waals surface area contributed by atoms with Gasteiger partial charge in [0.05, 0.1) is 16.8 Å². The number of aromatic nitrogens is 1. The van der Waals surface area contributed by atoms with E-state index < -0.39 is 5.91 Å². The first kappa shape index (κ1) is 24.9. The Morgan fingerprint density at radius 2 is 1.61 bits per heavy atom. The highest BCUT2D eigenvalue weighted by Gasteiger charge is 2.17. The molecule has 0 saturated heterocycles. The van der Waals surface area contributed by atoms with Crippen molar-refractivity contribution in [3.8, 4) is 5.75 Å². The number of carbonyl (C=O) groups excluding carboxylic acids is 2. The highest BCUT2D eigenvalue weighted by atomic mass is 35.5. The number of nitrogens with zero attached hydrogens (tertiary/aromatic N) is 1. The smallest absolute Gasteiger partial charge is 0.249 e. The van der Waals surface area contributed by atoms with Crippen molar-refractivity contribution in [3.05, 3.63) is 107 Å². The number of halogens is 1. The molecule has 3 N–H and O–H groups in total. The van der Waals surface area contributed by atoms with Crippen LogP contribution in [0.4, 0.5) is 0 Å². The van der Waals surface area contributed by atoms with Gasteiger partial charge in [-0.05, 0) is 59.5 Å². The lowest BCUT2D eigenvalue weighted by atomic mass is 9.92. The first-order valence-corrected chi connectivity index (χ1v) is 11.9. The number of nitrogens with two attached hydrogens (primary N) is 1. The minimum atomic E-state index is -0.559. The van der Waals surface area contributed by atoms with E-state index in [-0.39, 0.29) is 5.91 Å². The minimum absolute atomic E-state index is 0.145. The summed E-state index contributed by atoms with van der Waals surface area (Å²) in [5.74, 6) is -0.0610. The van der Waals surface area contributed by atoms with Crippen molar-refractivity contribution in [3.63, 3.8) is 0 Å². The van der Waals surface area contributed by atoms with E-state index in [1.165, 1.54) is 6.92 Å². The zero-order chi connectivity index (χ0) is 25.5. The SMILES string of the molecule is CC(=O)NCCC(=C(C(N)=O)c1ccc(OCc2ccc3ccccc3n2)cc1)c1ccc(Cl)cc1. The van der Waals surface area contributed by atoms with Crippen LogP contribution in [0.3, 0.4) is 0 Å². The van der Waals surface area contributed by atoms with Crippen molar-refractivity contribution < 1.29 is 14.3 Å². The number of nitrogens with one attached hydrogen (secondary N) is 1. The standard InChI is InChI=1S/C29H26ClN3O3/c1-19(34)32-17-16-26(20-6-11-23(30)12-7-20)28(29(31)35)22-9-14-25(15-10-22)36-18-24-13-8-21-4-2-3-5-27(21)33-24/h2-15H,16-18H2,1H3,(H2,31,35)(H,32,34). The molecule has 1 heterocycles. The maximum Gasteiger partial charge on any atom is 0.249 e. The zero-order valence-corrected chi connectivity index (χ0v) is 20.6. The van der Waals surface area contributed by atoms with Crippen molar-refractivity contribution in [1.29, 1.82) is 0 Å². The van der Waals surface area contributed by atoms with Gasteiger partial charge < -0.3 is 15.8 Å². The normalized spacial score (nSPS) is 11.6. The molecule has 6 nitrogen and oxygen atoms in total. The monoisotopic (exact) mass is 499 g/mol. The Morgan fingerprint density at radius 3 is 2.31 bits per heavy atom. The van der Waals surface area contributed by atoms with E-state index in [9.17, 15) is 9.59 Å². The second-order valence-electron chi connectivity index (χ2n) is 8.27. The van der Waals surface area contributed by atoms with Gasteiger partial charge in [-0.1, -0.05) is 60.1 Å². The van der Waals surface area contributed by atoms with Crippen molar-refractivity contribution in [2.24, 2.45) is 5.73 Å². The molecule has 1 aromatic heterocycles. The number of hydrogen-bond acceptors (Lipinski definition) is 4. The van der Waals surface area contributed by atoms with Gasteiger partial charge in [-0.25, -0.2) is 4.98 Å². The van der Waals surface area contributed by atoms with E-state index in [1.807, 2.05) is 48.5 Å². The number of carbonyl (C=O) groups is 2. The molecule has 182 valence electrons. The lowest BCUT2D eigenvalue weighted by Crippen LogP contribution is -2.22. The van der Waals surface area contributed by atoms with E-state index >= 15 is 0 Å². The van der Waals surface area contributed by atoms with Crippen molar-refractivity contribution >= 4 is 45.5 Å². The second-order valence-corrected chi connectivity index (χ2v) is 8.70. The van der Waals surface area contributed by atoms with E-state index in [0.29, 0.717) is 41.5 Å². The second kappa shape index (κ2) is 11.5. The summed E-state index contributed by atoms with van der Waals surface area (Å²) in [6, 6.07) is 26.3. The third-order valence-electron chi connectivity index (χ3n) is 5.68. The Hall–Kier alpha value is -4.16. The summed E-state index contributed by atoms with van der Waals surface area (Å²) < 4.78 is 5.93. The van der Waals surface area contributed by atoms with Crippen molar-refractivity contribution in [2.45, 2.75) is 20.0 Å². The van der Waals surface area contributed by atoms with Crippen LogP contribution in [-0.4, -0.2) is 23.3 Å². The molecule has 4 rings (SSSR count). The Bertz CT molecular complexity index is 1410. The molecule has 0 bridgehead atoms. The number of ether oxygens (including phenoxy) is 1. The summed E-state index contributed by atoms with van der Waals surface area (Å²) in [6.45, 7) is 2.13. The summed E-state index contributed by atoms with van der Waals surface area (Å²) >= 11 is 6.06. The van der Waals surface area contributed by atoms with Gasteiger partial charge in [-0.3, -0.25) is 9.59 Å². The number of amides is 2. The molecule has 0 atom stereocenters. The fourth-order valence-corrected chi connectivity index (χ4v) is 4.08. The number of fused-ring (bicyclic) bond motifs is 1. The maximum atomic E-state index is 12.6. The van der Waals surface area contributed by atoms with Crippen LogP contribution in [0.15, 0.2) is 84.9 Å². The topological polar surface area (TPSA) is 94.3 Å². The lowest BCUT2D eigenvalue weighted by Gasteiger charge is -2.15. The molecule has 36 heavy (non-hydrogen) atoms. The number of benzene rings is 3. The maximum absolute atomic E-state index is 12.6. The van der Waals surface area contributed by atoms with Gasteiger partial charge in [-0.15, -0.1) is 0 Å². The van der Waals surface area contributed by atoms with Crippen LogP contribution in [-0.2, 0) is 16.2 Å². The van der Waals surface area contributed by atoms with E-state index in [2.05, 4.69) is 10.3 Å². The quantitative estimate of drug-likeness (QED) is 0.238. The van der Waals surface area contributed by atoms with Crippen molar-refractivity contribution in [1.82, 2.24) is 10.3 Å². The molecule has 4 aromatic rings. The molecular formula is C29H26ClN3O3. The average Bonchev–Trinajstić information content (AvgIpc) is 2.87. The molecule has 0 aliphatic heterocycles. The highest BCUT2D eigenvalue weighted by molar-refractivity contribution is 6.30. The zero-order valence-electron chi connectivity index (χ0n) is 19.8. The Labute approximate surface area is 214 Å². The van der Waals surface area contributed by atoms with Gasteiger partial charge in [0.1, 0.15) is 12.4 Å². The van der Waals surface area contributed by atoms with Gasteiger partial charge in [0, 0.05) is 23.9 Å². The van der Waals surface area contributed by atoms with Crippen LogP contribution in [0.2, 0.25) is 5.02 Å². The van der Waals surface area contributed by atoms with E-state index in [0.717, 1.165) is 27.7 Å². The van der Waals surface area contributed by atoms with Crippen LogP contribution in [0.25, 0.3) is 22.0 Å². The minimum Gasteiger partial charge on any atom is -0.487 e. The third-order valence-corrected chi connectivity index (χ3v) is 5.93. The number of para-hydroxylation sites is 1.